The monoisotopic (exact) mass is 384 g/mol. The SMILES string of the molecule is CCCCN(C)C(=O)C1CCN(C(=O)c2nn(C)c(=O)c3ccccc23)CC1. The first-order valence-corrected chi connectivity index (χ1v) is 9.94. The number of unbranched alkanes of at least 4 members (excludes halogenated alkanes) is 1. The van der Waals surface area contributed by atoms with E-state index in [0.29, 0.717) is 42.4 Å². The highest BCUT2D eigenvalue weighted by Crippen LogP contribution is 2.22. The normalized spacial score (nSPS) is 15.0. The molecule has 0 N–H and O–H groups in total. The third-order valence-electron chi connectivity index (χ3n) is 5.51. The van der Waals surface area contributed by atoms with Gasteiger partial charge in [-0.3, -0.25) is 14.4 Å². The van der Waals surface area contributed by atoms with Gasteiger partial charge >= 0.3 is 0 Å². The molecule has 7 nitrogen and oxygen atoms in total. The number of likely N-dealkylation sites (tertiary alicyclic amines) is 1. The number of hydrogen-bond acceptors (Lipinski definition) is 4. The van der Waals surface area contributed by atoms with E-state index in [1.54, 1.807) is 36.2 Å². The molecule has 28 heavy (non-hydrogen) atoms. The van der Waals surface area contributed by atoms with Crippen LogP contribution < -0.4 is 5.56 Å². The van der Waals surface area contributed by atoms with Crippen LogP contribution in [0.2, 0.25) is 0 Å². The van der Waals surface area contributed by atoms with E-state index in [-0.39, 0.29) is 23.3 Å². The van der Waals surface area contributed by atoms with Gasteiger partial charge < -0.3 is 9.80 Å². The Hall–Kier alpha value is -2.70. The molecule has 0 saturated carbocycles. The van der Waals surface area contributed by atoms with Gasteiger partial charge in [0.15, 0.2) is 5.69 Å². The van der Waals surface area contributed by atoms with E-state index in [9.17, 15) is 14.4 Å². The van der Waals surface area contributed by atoms with Crippen LogP contribution in [0.1, 0.15) is 43.1 Å². The smallest absolute Gasteiger partial charge is 0.274 e. The molecular formula is C21H28N4O3. The van der Waals surface area contributed by atoms with Gasteiger partial charge in [0.1, 0.15) is 0 Å². The van der Waals surface area contributed by atoms with Gasteiger partial charge in [-0.2, -0.15) is 5.10 Å². The van der Waals surface area contributed by atoms with Crippen molar-refractivity contribution in [1.29, 1.82) is 0 Å². The van der Waals surface area contributed by atoms with Gasteiger partial charge in [-0.25, -0.2) is 4.68 Å². The van der Waals surface area contributed by atoms with Gasteiger partial charge in [0, 0.05) is 45.0 Å². The van der Waals surface area contributed by atoms with E-state index in [2.05, 4.69) is 12.0 Å². The summed E-state index contributed by atoms with van der Waals surface area (Å²) in [5, 5.41) is 5.30. The summed E-state index contributed by atoms with van der Waals surface area (Å²) in [5.41, 5.74) is 0.0779. The predicted molar refractivity (Wildman–Crippen MR) is 108 cm³/mol. The van der Waals surface area contributed by atoms with Crippen LogP contribution in [-0.2, 0) is 11.8 Å². The van der Waals surface area contributed by atoms with Gasteiger partial charge in [0.05, 0.1) is 5.39 Å². The Morgan fingerprint density at radius 3 is 2.46 bits per heavy atom. The lowest BCUT2D eigenvalue weighted by Crippen LogP contribution is -2.44. The van der Waals surface area contributed by atoms with E-state index < -0.39 is 0 Å². The van der Waals surface area contributed by atoms with Crippen molar-refractivity contribution >= 4 is 22.6 Å². The third kappa shape index (κ3) is 3.93. The number of rotatable bonds is 5. The lowest BCUT2D eigenvalue weighted by atomic mass is 9.95. The summed E-state index contributed by atoms with van der Waals surface area (Å²) in [4.78, 5) is 41.5. The van der Waals surface area contributed by atoms with Crippen LogP contribution in [0.25, 0.3) is 10.8 Å². The number of hydrogen-bond donors (Lipinski definition) is 0. The second-order valence-corrected chi connectivity index (χ2v) is 7.50. The molecule has 1 aromatic heterocycles. The van der Waals surface area contributed by atoms with Gasteiger partial charge in [0.25, 0.3) is 11.5 Å². The van der Waals surface area contributed by atoms with Crippen LogP contribution in [0.4, 0.5) is 0 Å². The Bertz CT molecular complexity index is 929. The van der Waals surface area contributed by atoms with Crippen molar-refractivity contribution in [3.8, 4) is 0 Å². The molecule has 7 heteroatoms. The fourth-order valence-electron chi connectivity index (χ4n) is 3.75. The van der Waals surface area contributed by atoms with E-state index in [4.69, 9.17) is 0 Å². The number of carbonyl (C=O) groups is 2. The van der Waals surface area contributed by atoms with Crippen molar-refractivity contribution in [2.24, 2.45) is 13.0 Å². The molecule has 0 spiro atoms. The minimum atomic E-state index is -0.216. The van der Waals surface area contributed by atoms with Crippen LogP contribution in [0.15, 0.2) is 29.1 Å². The second-order valence-electron chi connectivity index (χ2n) is 7.50. The van der Waals surface area contributed by atoms with Gasteiger partial charge in [-0.05, 0) is 25.3 Å². The van der Waals surface area contributed by atoms with Gasteiger partial charge in [-0.15, -0.1) is 0 Å². The topological polar surface area (TPSA) is 75.5 Å². The highest BCUT2D eigenvalue weighted by atomic mass is 16.2. The van der Waals surface area contributed by atoms with Crippen molar-refractivity contribution < 1.29 is 9.59 Å². The molecule has 0 aliphatic carbocycles. The summed E-state index contributed by atoms with van der Waals surface area (Å²) in [6.45, 7) is 3.94. The fraction of sp³-hybridized carbons (Fsp3) is 0.524. The third-order valence-corrected chi connectivity index (χ3v) is 5.51. The molecule has 0 atom stereocenters. The van der Waals surface area contributed by atoms with Crippen LogP contribution in [0.5, 0.6) is 0 Å². The molecule has 2 heterocycles. The number of nitrogens with zero attached hydrogens (tertiary/aromatic N) is 4. The number of aromatic nitrogens is 2. The van der Waals surface area contributed by atoms with Crippen molar-refractivity contribution in [1.82, 2.24) is 19.6 Å². The van der Waals surface area contributed by atoms with Gasteiger partial charge in [-0.1, -0.05) is 31.5 Å². The highest BCUT2D eigenvalue weighted by Gasteiger charge is 2.30. The van der Waals surface area contributed by atoms with Crippen LogP contribution in [0, 0.1) is 5.92 Å². The minimum Gasteiger partial charge on any atom is -0.346 e. The highest BCUT2D eigenvalue weighted by molar-refractivity contribution is 6.04. The molecular weight excluding hydrogens is 356 g/mol. The average Bonchev–Trinajstić information content (AvgIpc) is 2.73. The zero-order valence-corrected chi connectivity index (χ0v) is 16.9. The summed E-state index contributed by atoms with van der Waals surface area (Å²) in [6, 6.07) is 7.06. The number of fused-ring (bicyclic) bond motifs is 1. The first kappa shape index (κ1) is 20.0. The molecule has 150 valence electrons. The molecule has 1 aliphatic heterocycles. The summed E-state index contributed by atoms with van der Waals surface area (Å²) < 4.78 is 1.22. The maximum Gasteiger partial charge on any atom is 0.274 e. The van der Waals surface area contributed by atoms with E-state index in [0.717, 1.165) is 19.4 Å². The molecule has 3 rings (SSSR count). The lowest BCUT2D eigenvalue weighted by molar-refractivity contribution is -0.135. The summed E-state index contributed by atoms with van der Waals surface area (Å²) in [7, 11) is 3.42. The minimum absolute atomic E-state index is 0.0317. The quantitative estimate of drug-likeness (QED) is 0.791. The van der Waals surface area contributed by atoms with Crippen LogP contribution in [0.3, 0.4) is 0 Å². The Kier molecular flexibility index (Phi) is 6.11. The summed E-state index contributed by atoms with van der Waals surface area (Å²) in [6.07, 6.45) is 3.38. The molecule has 0 unspecified atom stereocenters. The molecule has 0 bridgehead atoms. The fourth-order valence-corrected chi connectivity index (χ4v) is 3.75. The molecule has 1 saturated heterocycles. The Balaban J connectivity index is 1.73. The van der Waals surface area contributed by atoms with E-state index in [1.807, 2.05) is 11.9 Å². The molecule has 1 fully saturated rings. The van der Waals surface area contributed by atoms with Crippen molar-refractivity contribution in [3.05, 3.63) is 40.3 Å². The van der Waals surface area contributed by atoms with E-state index >= 15 is 0 Å². The van der Waals surface area contributed by atoms with Gasteiger partial charge in [0.2, 0.25) is 5.91 Å². The maximum absolute atomic E-state index is 13.1. The average molecular weight is 384 g/mol. The molecule has 1 aromatic carbocycles. The molecule has 1 aliphatic rings. The molecule has 0 radical (unpaired) electrons. The predicted octanol–water partition coefficient (Wildman–Crippen LogP) is 2.04. The largest absolute Gasteiger partial charge is 0.346 e. The maximum atomic E-state index is 13.1. The zero-order chi connectivity index (χ0) is 20.3. The Labute approximate surface area is 164 Å². The standard InChI is InChI=1S/C21H28N4O3/c1-4-5-12-23(2)19(26)15-10-13-25(14-11-15)21(28)18-16-8-6-7-9-17(16)20(27)24(3)22-18/h6-9,15H,4-5,10-14H2,1-3H3. The number of piperidine rings is 1. The number of carbonyl (C=O) groups excluding carboxylic acids is 2. The number of amides is 2. The number of aryl methyl sites for hydroxylation is 1. The number of benzene rings is 1. The van der Waals surface area contributed by atoms with Crippen molar-refractivity contribution in [3.63, 3.8) is 0 Å². The Morgan fingerprint density at radius 2 is 1.82 bits per heavy atom. The van der Waals surface area contributed by atoms with Crippen LogP contribution in [-0.4, -0.2) is 58.1 Å². The van der Waals surface area contributed by atoms with E-state index in [1.165, 1.54) is 4.68 Å². The molecule has 2 aromatic rings. The van der Waals surface area contributed by atoms with Crippen LogP contribution >= 0.6 is 0 Å². The summed E-state index contributed by atoms with van der Waals surface area (Å²) in [5.74, 6) is -0.0426. The second kappa shape index (κ2) is 8.54. The molecule has 2 amide bonds. The Morgan fingerprint density at radius 1 is 1.18 bits per heavy atom. The first-order chi connectivity index (χ1) is 13.4. The lowest BCUT2D eigenvalue weighted by Gasteiger charge is -2.33. The van der Waals surface area contributed by atoms with Crippen molar-refractivity contribution in [2.45, 2.75) is 32.6 Å². The summed E-state index contributed by atoms with van der Waals surface area (Å²) >= 11 is 0. The first-order valence-electron chi connectivity index (χ1n) is 9.94. The zero-order valence-electron chi connectivity index (χ0n) is 16.9. The van der Waals surface area contributed by atoms with Crippen molar-refractivity contribution in [2.75, 3.05) is 26.7 Å².